The highest BCUT2D eigenvalue weighted by Crippen LogP contribution is 2.57. The Hall–Kier alpha value is -1.18. The Bertz CT molecular complexity index is 481. The molecule has 0 aromatic carbocycles. The molecule has 17 heavy (non-hydrogen) atoms. The fourth-order valence-electron chi connectivity index (χ4n) is 3.89. The van der Waals surface area contributed by atoms with Gasteiger partial charge in [0.05, 0.1) is 0 Å². The van der Waals surface area contributed by atoms with Gasteiger partial charge in [0.2, 0.25) is 0 Å². The molecule has 0 heterocycles. The Kier molecular flexibility index (Phi) is 2.19. The number of carbonyl (C=O) groups excluding carboxylic acids is 2. The third-order valence-corrected chi connectivity index (χ3v) is 4.76. The predicted octanol–water partition coefficient (Wildman–Crippen LogP) is 2.98. The zero-order chi connectivity index (χ0) is 12.2. The maximum atomic E-state index is 11.8. The first-order valence-electron chi connectivity index (χ1n) is 6.50. The summed E-state index contributed by atoms with van der Waals surface area (Å²) in [5, 5.41) is 0. The minimum atomic E-state index is 0.147. The van der Waals surface area contributed by atoms with Gasteiger partial charge in [-0.15, -0.1) is 0 Å². The summed E-state index contributed by atoms with van der Waals surface area (Å²) in [6.07, 6.45) is 6.32. The van der Waals surface area contributed by atoms with Gasteiger partial charge in [-0.05, 0) is 60.3 Å². The van der Waals surface area contributed by atoms with Crippen LogP contribution in [0.15, 0.2) is 22.8 Å². The Balaban J connectivity index is 2.16. The highest BCUT2D eigenvalue weighted by molar-refractivity contribution is 6.01. The van der Waals surface area contributed by atoms with Gasteiger partial charge >= 0.3 is 0 Å². The third-order valence-electron chi connectivity index (χ3n) is 4.76. The fourth-order valence-corrected chi connectivity index (χ4v) is 3.89. The van der Waals surface area contributed by atoms with Crippen LogP contribution in [0.5, 0.6) is 0 Å². The zero-order valence-corrected chi connectivity index (χ0v) is 10.5. The number of fused-ring (bicyclic) bond motifs is 3. The molecule has 0 aromatic heterocycles. The van der Waals surface area contributed by atoms with E-state index in [0.29, 0.717) is 18.8 Å². The van der Waals surface area contributed by atoms with Crippen LogP contribution in [0.2, 0.25) is 0 Å². The van der Waals surface area contributed by atoms with Crippen molar-refractivity contribution in [2.75, 3.05) is 0 Å². The number of allylic oxidation sites excluding steroid dienone is 4. The molecule has 0 aliphatic heterocycles. The molecule has 0 amide bonds. The molecule has 1 fully saturated rings. The molecule has 2 heteroatoms. The maximum absolute atomic E-state index is 11.8. The summed E-state index contributed by atoms with van der Waals surface area (Å²) < 4.78 is 0. The van der Waals surface area contributed by atoms with Crippen LogP contribution in [-0.4, -0.2) is 11.6 Å². The van der Waals surface area contributed by atoms with Crippen LogP contribution < -0.4 is 0 Å². The monoisotopic (exact) mass is 230 g/mol. The summed E-state index contributed by atoms with van der Waals surface area (Å²) in [6, 6.07) is 0. The molecule has 0 radical (unpaired) electrons. The summed E-state index contributed by atoms with van der Waals surface area (Å²) >= 11 is 0. The summed E-state index contributed by atoms with van der Waals surface area (Å²) in [7, 11) is 0. The van der Waals surface area contributed by atoms with E-state index in [4.69, 9.17) is 0 Å². The molecule has 3 aliphatic carbocycles. The van der Waals surface area contributed by atoms with Gasteiger partial charge in [-0.3, -0.25) is 9.59 Å². The SMILES string of the molecule is CC1=C2C3=CC(=O)CCC[C@@]3(C)C[C@H]2CC1=O. The van der Waals surface area contributed by atoms with Crippen molar-refractivity contribution in [3.05, 3.63) is 22.8 Å². The first-order chi connectivity index (χ1) is 8.01. The molecule has 0 saturated heterocycles. The number of rotatable bonds is 0. The van der Waals surface area contributed by atoms with Gasteiger partial charge in [0.15, 0.2) is 11.6 Å². The smallest absolute Gasteiger partial charge is 0.159 e. The molecule has 3 rings (SSSR count). The predicted molar refractivity (Wildman–Crippen MR) is 65.5 cm³/mol. The molecule has 3 aliphatic rings. The lowest BCUT2D eigenvalue weighted by atomic mass is 9.79. The van der Waals surface area contributed by atoms with Crippen LogP contribution in [-0.2, 0) is 9.59 Å². The van der Waals surface area contributed by atoms with Crippen LogP contribution >= 0.6 is 0 Å². The largest absolute Gasteiger partial charge is 0.295 e. The van der Waals surface area contributed by atoms with Crippen LogP contribution in [0.3, 0.4) is 0 Å². The highest BCUT2D eigenvalue weighted by Gasteiger charge is 2.48. The lowest BCUT2D eigenvalue weighted by Crippen LogP contribution is -2.15. The van der Waals surface area contributed by atoms with Crippen molar-refractivity contribution in [1.82, 2.24) is 0 Å². The normalized spacial score (nSPS) is 36.8. The number of ketones is 2. The molecule has 2 nitrogen and oxygen atoms in total. The quantitative estimate of drug-likeness (QED) is 0.641. The minimum Gasteiger partial charge on any atom is -0.295 e. The molecule has 0 N–H and O–H groups in total. The summed E-state index contributed by atoms with van der Waals surface area (Å²) in [5.41, 5.74) is 3.47. The van der Waals surface area contributed by atoms with E-state index in [1.54, 1.807) is 0 Å². The second kappa shape index (κ2) is 3.41. The average Bonchev–Trinajstić information content (AvgIpc) is 2.59. The van der Waals surface area contributed by atoms with Crippen molar-refractivity contribution in [2.45, 2.75) is 46.0 Å². The molecule has 1 saturated carbocycles. The molecule has 2 atom stereocenters. The minimum absolute atomic E-state index is 0.147. The second-order valence-corrected chi connectivity index (χ2v) is 6.01. The summed E-state index contributed by atoms with van der Waals surface area (Å²) in [4.78, 5) is 23.5. The van der Waals surface area contributed by atoms with Crippen molar-refractivity contribution in [2.24, 2.45) is 11.3 Å². The van der Waals surface area contributed by atoms with Gasteiger partial charge in [-0.25, -0.2) is 0 Å². The Morgan fingerprint density at radius 2 is 2.12 bits per heavy atom. The van der Waals surface area contributed by atoms with Gasteiger partial charge in [0, 0.05) is 12.8 Å². The van der Waals surface area contributed by atoms with E-state index < -0.39 is 0 Å². The van der Waals surface area contributed by atoms with Gasteiger partial charge in [-0.2, -0.15) is 0 Å². The number of hydrogen-bond acceptors (Lipinski definition) is 2. The molecule has 90 valence electrons. The second-order valence-electron chi connectivity index (χ2n) is 6.01. The maximum Gasteiger partial charge on any atom is 0.159 e. The fraction of sp³-hybridized carbons (Fsp3) is 0.600. The third kappa shape index (κ3) is 1.46. The van der Waals surface area contributed by atoms with E-state index in [-0.39, 0.29) is 17.0 Å². The molecule has 0 aromatic rings. The first-order valence-corrected chi connectivity index (χ1v) is 6.50. The standard InChI is InChI=1S/C15H18O2/c1-9-13(17)6-10-8-15(2)5-3-4-11(16)7-12(15)14(9)10/h7,10H,3-6,8H2,1-2H3/t10-,15+/m1/s1. The average molecular weight is 230 g/mol. The van der Waals surface area contributed by atoms with E-state index in [2.05, 4.69) is 6.92 Å². The van der Waals surface area contributed by atoms with Gasteiger partial charge in [0.25, 0.3) is 0 Å². The van der Waals surface area contributed by atoms with Crippen molar-refractivity contribution in [1.29, 1.82) is 0 Å². The van der Waals surface area contributed by atoms with Crippen LogP contribution in [0.4, 0.5) is 0 Å². The van der Waals surface area contributed by atoms with Crippen LogP contribution in [0.25, 0.3) is 0 Å². The van der Waals surface area contributed by atoms with E-state index >= 15 is 0 Å². The lowest BCUT2D eigenvalue weighted by molar-refractivity contribution is -0.115. The van der Waals surface area contributed by atoms with Crippen molar-refractivity contribution < 1.29 is 9.59 Å². The van der Waals surface area contributed by atoms with Crippen LogP contribution in [0.1, 0.15) is 46.0 Å². The molecule has 0 spiro atoms. The number of Topliss-reactive ketones (excluding diaryl/α,β-unsaturated/α-hetero) is 1. The highest BCUT2D eigenvalue weighted by atomic mass is 16.1. The van der Waals surface area contributed by atoms with Crippen molar-refractivity contribution in [3.63, 3.8) is 0 Å². The molecular weight excluding hydrogens is 212 g/mol. The molecular formula is C15H18O2. The van der Waals surface area contributed by atoms with Gasteiger partial charge in [-0.1, -0.05) is 6.92 Å². The number of hydrogen-bond donors (Lipinski definition) is 0. The first kappa shape index (κ1) is 10.9. The lowest BCUT2D eigenvalue weighted by Gasteiger charge is -2.25. The van der Waals surface area contributed by atoms with E-state index in [0.717, 1.165) is 24.8 Å². The van der Waals surface area contributed by atoms with Crippen molar-refractivity contribution in [3.8, 4) is 0 Å². The van der Waals surface area contributed by atoms with Crippen LogP contribution in [0, 0.1) is 11.3 Å². The van der Waals surface area contributed by atoms with E-state index in [1.807, 2.05) is 13.0 Å². The molecule has 0 bridgehead atoms. The Morgan fingerprint density at radius 1 is 1.35 bits per heavy atom. The van der Waals surface area contributed by atoms with Crippen molar-refractivity contribution >= 4 is 11.6 Å². The van der Waals surface area contributed by atoms with Gasteiger partial charge in [0.1, 0.15) is 0 Å². The molecule has 0 unspecified atom stereocenters. The van der Waals surface area contributed by atoms with Gasteiger partial charge < -0.3 is 0 Å². The van der Waals surface area contributed by atoms with E-state index in [1.165, 1.54) is 11.1 Å². The zero-order valence-electron chi connectivity index (χ0n) is 10.5. The Labute approximate surface area is 102 Å². The topological polar surface area (TPSA) is 34.1 Å². The summed E-state index contributed by atoms with van der Waals surface area (Å²) in [6.45, 7) is 4.19. The summed E-state index contributed by atoms with van der Waals surface area (Å²) in [5.74, 6) is 0.915. The Morgan fingerprint density at radius 3 is 2.88 bits per heavy atom. The number of carbonyl (C=O) groups is 2. The van der Waals surface area contributed by atoms with E-state index in [9.17, 15) is 9.59 Å².